The van der Waals surface area contributed by atoms with Crippen LogP contribution in [0.15, 0.2) is 30.3 Å². The number of fused-ring (bicyclic) bond motifs is 1. The molecule has 0 bridgehead atoms. The highest BCUT2D eigenvalue weighted by Crippen LogP contribution is 2.45. The van der Waals surface area contributed by atoms with E-state index in [1.54, 1.807) is 0 Å². The molecular formula is C24H22F6N2O7. The van der Waals surface area contributed by atoms with Gasteiger partial charge in [0.25, 0.3) is 0 Å². The molecule has 2 amide bonds. The Morgan fingerprint density at radius 3 is 1.97 bits per heavy atom. The highest BCUT2D eigenvalue weighted by Gasteiger charge is 2.41. The normalized spacial score (nSPS) is 17.3. The van der Waals surface area contributed by atoms with Gasteiger partial charge < -0.3 is 19.7 Å². The molecule has 15 heteroatoms. The van der Waals surface area contributed by atoms with E-state index in [2.05, 4.69) is 0 Å². The number of amides is 2. The lowest BCUT2D eigenvalue weighted by atomic mass is 9.89. The molecule has 0 fully saturated rings. The van der Waals surface area contributed by atoms with E-state index in [9.17, 15) is 50.9 Å². The van der Waals surface area contributed by atoms with Crippen molar-refractivity contribution in [3.8, 4) is 5.75 Å². The third-order valence-electron chi connectivity index (χ3n) is 6.19. The minimum Gasteiger partial charge on any atom is -0.496 e. The van der Waals surface area contributed by atoms with Crippen LogP contribution < -0.4 is 9.64 Å². The third kappa shape index (κ3) is 5.96. The first-order valence-electron chi connectivity index (χ1n) is 11.1. The van der Waals surface area contributed by atoms with Crippen LogP contribution in [0.5, 0.6) is 5.75 Å². The number of nitrogens with zero attached hydrogens (tertiary/aromatic N) is 2. The zero-order chi connectivity index (χ0) is 29.4. The van der Waals surface area contributed by atoms with Gasteiger partial charge in [-0.05, 0) is 49.2 Å². The molecule has 3 rings (SSSR count). The molecule has 1 aliphatic heterocycles. The fourth-order valence-electron chi connectivity index (χ4n) is 4.50. The van der Waals surface area contributed by atoms with Gasteiger partial charge in [-0.25, -0.2) is 14.4 Å². The maximum Gasteiger partial charge on any atom is 0.416 e. The number of rotatable bonds is 5. The van der Waals surface area contributed by atoms with Crippen molar-refractivity contribution in [1.82, 2.24) is 4.90 Å². The summed E-state index contributed by atoms with van der Waals surface area (Å²) >= 11 is 0. The van der Waals surface area contributed by atoms with Crippen LogP contribution in [0.4, 0.5) is 41.6 Å². The molecule has 9 nitrogen and oxygen atoms in total. The molecule has 0 saturated carbocycles. The Kier molecular flexibility index (Phi) is 7.94. The Morgan fingerprint density at radius 1 is 0.974 bits per heavy atom. The number of carbonyl (C=O) groups is 3. The number of methoxy groups -OCH3 is 2. The van der Waals surface area contributed by atoms with Crippen LogP contribution in [-0.2, 0) is 23.6 Å². The molecule has 0 aromatic heterocycles. The number of halogens is 6. The number of carboxylic acids is 1. The minimum absolute atomic E-state index is 0.0331. The zero-order valence-corrected chi connectivity index (χ0v) is 20.6. The minimum atomic E-state index is -5.12. The summed E-state index contributed by atoms with van der Waals surface area (Å²) in [6.45, 7) is 0.656. The van der Waals surface area contributed by atoms with Crippen LogP contribution in [0.3, 0.4) is 0 Å². The molecule has 1 heterocycles. The molecule has 0 saturated heterocycles. The summed E-state index contributed by atoms with van der Waals surface area (Å²) in [5, 5.41) is 19.3. The standard InChI is InChI=1S/C24H22F6N2O7/c1-11-4-17(15-9-19(38-2)16(20(33)34)8-18(15)32(11)21(35)36)31(22(37)39-3)10-12-5-13(23(25,26)27)7-14(6-12)24(28,29)30/h5-9,11,17H,4,10H2,1-3H3,(H,33,34)(H,35,36)/t11-,17+/m0/s1. The van der Waals surface area contributed by atoms with Crippen LogP contribution in [-0.4, -0.2) is 53.5 Å². The smallest absolute Gasteiger partial charge is 0.416 e. The van der Waals surface area contributed by atoms with Crippen molar-refractivity contribution in [3.05, 3.63) is 58.1 Å². The van der Waals surface area contributed by atoms with E-state index in [1.165, 1.54) is 6.92 Å². The summed E-state index contributed by atoms with van der Waals surface area (Å²) in [6.07, 6.45) is -13.0. The van der Waals surface area contributed by atoms with Gasteiger partial charge in [0.05, 0.1) is 37.1 Å². The van der Waals surface area contributed by atoms with Gasteiger partial charge >= 0.3 is 30.5 Å². The maximum atomic E-state index is 13.4. The second-order valence-electron chi connectivity index (χ2n) is 8.68. The van der Waals surface area contributed by atoms with Crippen LogP contribution >= 0.6 is 0 Å². The summed E-state index contributed by atoms with van der Waals surface area (Å²) in [5.74, 6) is -1.67. The first-order valence-corrected chi connectivity index (χ1v) is 11.1. The van der Waals surface area contributed by atoms with Crippen molar-refractivity contribution in [3.63, 3.8) is 0 Å². The van der Waals surface area contributed by atoms with Crippen molar-refractivity contribution in [2.75, 3.05) is 19.1 Å². The number of hydrogen-bond acceptors (Lipinski definition) is 5. The first-order chi connectivity index (χ1) is 18.0. The van der Waals surface area contributed by atoms with E-state index in [1.807, 2.05) is 0 Å². The van der Waals surface area contributed by atoms with Gasteiger partial charge in [-0.2, -0.15) is 26.3 Å². The lowest BCUT2D eigenvalue weighted by Gasteiger charge is -2.42. The molecular weight excluding hydrogens is 542 g/mol. The highest BCUT2D eigenvalue weighted by atomic mass is 19.4. The Balaban J connectivity index is 2.23. The van der Waals surface area contributed by atoms with Gasteiger partial charge in [-0.3, -0.25) is 9.80 Å². The quantitative estimate of drug-likeness (QED) is 0.427. The van der Waals surface area contributed by atoms with Gasteiger partial charge in [-0.1, -0.05) is 0 Å². The second kappa shape index (κ2) is 10.5. The Morgan fingerprint density at radius 2 is 1.54 bits per heavy atom. The number of carbonyl (C=O) groups excluding carboxylic acids is 1. The molecule has 2 atom stereocenters. The van der Waals surface area contributed by atoms with E-state index in [0.717, 1.165) is 36.2 Å². The van der Waals surface area contributed by atoms with Crippen molar-refractivity contribution in [2.24, 2.45) is 0 Å². The third-order valence-corrected chi connectivity index (χ3v) is 6.19. The average Bonchev–Trinajstić information content (AvgIpc) is 2.84. The van der Waals surface area contributed by atoms with Crippen LogP contribution in [0.2, 0.25) is 0 Å². The molecule has 212 valence electrons. The van der Waals surface area contributed by atoms with E-state index < -0.39 is 71.4 Å². The number of ether oxygens (including phenoxy) is 2. The second-order valence-corrected chi connectivity index (χ2v) is 8.68. The summed E-state index contributed by atoms with van der Waals surface area (Å²) in [4.78, 5) is 38.3. The van der Waals surface area contributed by atoms with E-state index >= 15 is 0 Å². The molecule has 39 heavy (non-hydrogen) atoms. The van der Waals surface area contributed by atoms with E-state index in [4.69, 9.17) is 9.47 Å². The summed E-state index contributed by atoms with van der Waals surface area (Å²) in [6, 6.07) is 1.01. The molecule has 2 aromatic rings. The highest BCUT2D eigenvalue weighted by molar-refractivity contribution is 5.96. The van der Waals surface area contributed by atoms with E-state index in [0.29, 0.717) is 12.1 Å². The van der Waals surface area contributed by atoms with Gasteiger partial charge in [0.2, 0.25) is 0 Å². The fourth-order valence-corrected chi connectivity index (χ4v) is 4.50. The molecule has 0 spiro atoms. The van der Waals surface area contributed by atoms with Crippen molar-refractivity contribution in [2.45, 2.75) is 44.3 Å². The van der Waals surface area contributed by atoms with Crippen LogP contribution in [0.1, 0.15) is 52.0 Å². The molecule has 2 aromatic carbocycles. The van der Waals surface area contributed by atoms with Crippen molar-refractivity contribution in [1.29, 1.82) is 0 Å². The topological polar surface area (TPSA) is 117 Å². The predicted octanol–water partition coefficient (Wildman–Crippen LogP) is 6.02. The SMILES string of the molecule is COC(=O)N(Cc1cc(C(F)(F)F)cc(C(F)(F)F)c1)[C@@H]1C[C@H](C)N(C(=O)O)c2cc(C(=O)O)c(OC)cc21. The average molecular weight is 564 g/mol. The number of anilines is 1. The molecule has 0 radical (unpaired) electrons. The summed E-state index contributed by atoms with van der Waals surface area (Å²) in [5.41, 5.74) is -4.22. The van der Waals surface area contributed by atoms with Crippen LogP contribution in [0, 0.1) is 0 Å². The lowest BCUT2D eigenvalue weighted by Crippen LogP contribution is -2.47. The maximum absolute atomic E-state index is 13.4. The first kappa shape index (κ1) is 29.4. The van der Waals surface area contributed by atoms with Gasteiger partial charge in [-0.15, -0.1) is 0 Å². The predicted molar refractivity (Wildman–Crippen MR) is 122 cm³/mol. The molecule has 0 unspecified atom stereocenters. The molecule has 0 aliphatic carbocycles. The largest absolute Gasteiger partial charge is 0.496 e. The number of hydrogen-bond donors (Lipinski definition) is 2. The Bertz CT molecular complexity index is 1260. The Labute approximate surface area is 217 Å². The lowest BCUT2D eigenvalue weighted by molar-refractivity contribution is -0.143. The summed E-state index contributed by atoms with van der Waals surface area (Å²) in [7, 11) is 2.09. The van der Waals surface area contributed by atoms with Crippen molar-refractivity contribution < 1.29 is 60.4 Å². The molecule has 2 N–H and O–H groups in total. The van der Waals surface area contributed by atoms with Crippen LogP contribution in [0.25, 0.3) is 0 Å². The monoisotopic (exact) mass is 564 g/mol. The number of carboxylic acid groups (broad SMARTS) is 2. The number of aromatic carboxylic acids is 1. The van der Waals surface area contributed by atoms with E-state index in [-0.39, 0.29) is 29.5 Å². The Hall–Kier alpha value is -4.17. The fraction of sp³-hybridized carbons (Fsp3) is 0.375. The zero-order valence-electron chi connectivity index (χ0n) is 20.6. The number of benzene rings is 2. The number of alkyl halides is 6. The van der Waals surface area contributed by atoms with Gasteiger partial charge in [0.1, 0.15) is 11.3 Å². The summed E-state index contributed by atoms with van der Waals surface area (Å²) < 4.78 is 90.3. The van der Waals surface area contributed by atoms with Crippen molar-refractivity contribution >= 4 is 23.8 Å². The molecule has 1 aliphatic rings. The van der Waals surface area contributed by atoms with Gasteiger partial charge in [0.15, 0.2) is 0 Å². The van der Waals surface area contributed by atoms with Gasteiger partial charge in [0, 0.05) is 18.2 Å².